The Morgan fingerprint density at radius 2 is 1.80 bits per heavy atom. The molecule has 0 N–H and O–H groups in total. The van der Waals surface area contributed by atoms with E-state index in [9.17, 15) is 4.79 Å². The van der Waals surface area contributed by atoms with Crippen molar-refractivity contribution in [1.82, 2.24) is 0 Å². The van der Waals surface area contributed by atoms with Gasteiger partial charge in [0, 0.05) is 4.47 Å². The largest absolute Gasteiger partial charge is 0.463 e. The number of hydrogen-bond acceptors (Lipinski definition) is 2. The highest BCUT2D eigenvalue weighted by molar-refractivity contribution is 9.10. The van der Waals surface area contributed by atoms with Gasteiger partial charge in [0.15, 0.2) is 5.43 Å². The Labute approximate surface area is 124 Å². The van der Waals surface area contributed by atoms with E-state index in [0.29, 0.717) is 16.5 Å². The van der Waals surface area contributed by atoms with Gasteiger partial charge in [0.05, 0.1) is 10.9 Å². The van der Waals surface area contributed by atoms with Crippen LogP contribution < -0.4 is 5.43 Å². The molecule has 0 spiro atoms. The van der Waals surface area contributed by atoms with Gasteiger partial charge in [0.1, 0.15) is 11.8 Å². The summed E-state index contributed by atoms with van der Waals surface area (Å²) >= 11 is 3.36. The first kappa shape index (κ1) is 12.9. The van der Waals surface area contributed by atoms with Gasteiger partial charge in [-0.25, -0.2) is 0 Å². The van der Waals surface area contributed by atoms with Crippen molar-refractivity contribution in [3.8, 4) is 0 Å². The van der Waals surface area contributed by atoms with Crippen molar-refractivity contribution in [3.63, 3.8) is 0 Å². The van der Waals surface area contributed by atoms with Crippen molar-refractivity contribution in [2.45, 2.75) is 0 Å². The highest BCUT2D eigenvalue weighted by atomic mass is 79.9. The molecule has 0 amide bonds. The van der Waals surface area contributed by atoms with Gasteiger partial charge in [-0.3, -0.25) is 4.79 Å². The monoisotopic (exact) mass is 326 g/mol. The Morgan fingerprint density at radius 3 is 2.60 bits per heavy atom. The van der Waals surface area contributed by atoms with Gasteiger partial charge in [0.25, 0.3) is 0 Å². The fourth-order valence-electron chi connectivity index (χ4n) is 1.98. The lowest BCUT2D eigenvalue weighted by Gasteiger charge is -1.99. The van der Waals surface area contributed by atoms with Crippen LogP contribution in [0.15, 0.2) is 68.5 Å². The van der Waals surface area contributed by atoms with Crippen LogP contribution in [0.25, 0.3) is 23.1 Å². The van der Waals surface area contributed by atoms with Crippen LogP contribution in [0.4, 0.5) is 0 Å². The summed E-state index contributed by atoms with van der Waals surface area (Å²) in [5.41, 5.74) is 2.15. The molecule has 3 aromatic rings. The summed E-state index contributed by atoms with van der Waals surface area (Å²) in [6.07, 6.45) is 5.18. The highest BCUT2D eigenvalue weighted by Gasteiger charge is 2.04. The average Bonchev–Trinajstić information content (AvgIpc) is 2.47. The molecule has 0 unspecified atom stereocenters. The smallest absolute Gasteiger partial charge is 0.199 e. The summed E-state index contributed by atoms with van der Waals surface area (Å²) < 4.78 is 6.40. The van der Waals surface area contributed by atoms with Crippen LogP contribution in [-0.4, -0.2) is 0 Å². The fourth-order valence-corrected chi connectivity index (χ4v) is 2.32. The summed E-state index contributed by atoms with van der Waals surface area (Å²) in [5.74, 6) is 0. The van der Waals surface area contributed by atoms with Gasteiger partial charge >= 0.3 is 0 Å². The standard InChI is InChI=1S/C17H11BrO2/c18-14-8-9-15-16(10-14)20-11-13(17(15)19)7-6-12-4-2-1-3-5-12/h1-11H/b7-6+. The van der Waals surface area contributed by atoms with Crippen molar-refractivity contribution < 1.29 is 4.42 Å². The molecule has 3 heteroatoms. The Balaban J connectivity index is 2.05. The molecule has 0 atom stereocenters. The average molecular weight is 327 g/mol. The van der Waals surface area contributed by atoms with Crippen LogP contribution in [0.5, 0.6) is 0 Å². The Bertz CT molecular complexity index is 832. The second kappa shape index (κ2) is 5.47. The van der Waals surface area contributed by atoms with Gasteiger partial charge in [-0.2, -0.15) is 0 Å². The molecular formula is C17H11BrO2. The number of rotatable bonds is 2. The lowest BCUT2D eigenvalue weighted by molar-refractivity contribution is 0.601. The van der Waals surface area contributed by atoms with Crippen LogP contribution in [0, 0.1) is 0 Å². The van der Waals surface area contributed by atoms with Crippen molar-refractivity contribution in [3.05, 3.63) is 80.6 Å². The van der Waals surface area contributed by atoms with Gasteiger partial charge in [-0.15, -0.1) is 0 Å². The van der Waals surface area contributed by atoms with E-state index in [-0.39, 0.29) is 5.43 Å². The predicted octanol–water partition coefficient (Wildman–Crippen LogP) is 4.73. The van der Waals surface area contributed by atoms with Crippen LogP contribution in [0.1, 0.15) is 11.1 Å². The van der Waals surface area contributed by atoms with E-state index in [2.05, 4.69) is 15.9 Å². The quantitative estimate of drug-likeness (QED) is 0.681. The maximum atomic E-state index is 12.3. The van der Waals surface area contributed by atoms with Crippen molar-refractivity contribution >= 4 is 39.1 Å². The predicted molar refractivity (Wildman–Crippen MR) is 85.6 cm³/mol. The minimum Gasteiger partial charge on any atom is -0.463 e. The van der Waals surface area contributed by atoms with E-state index in [1.165, 1.54) is 6.26 Å². The molecule has 2 nitrogen and oxygen atoms in total. The second-order valence-corrected chi connectivity index (χ2v) is 5.32. The molecule has 98 valence electrons. The van der Waals surface area contributed by atoms with E-state index < -0.39 is 0 Å². The molecular weight excluding hydrogens is 316 g/mol. The highest BCUT2D eigenvalue weighted by Crippen LogP contribution is 2.18. The SMILES string of the molecule is O=c1c(/C=C/c2ccccc2)coc2cc(Br)ccc12. The maximum absolute atomic E-state index is 12.3. The third-order valence-electron chi connectivity index (χ3n) is 3.02. The summed E-state index contributed by atoms with van der Waals surface area (Å²) in [6.45, 7) is 0. The Morgan fingerprint density at radius 1 is 1.00 bits per heavy atom. The van der Waals surface area contributed by atoms with Crippen LogP contribution in [-0.2, 0) is 0 Å². The molecule has 3 rings (SSSR count). The Hall–Kier alpha value is -2.13. The number of hydrogen-bond donors (Lipinski definition) is 0. The zero-order chi connectivity index (χ0) is 13.9. The molecule has 2 aromatic carbocycles. The van der Waals surface area contributed by atoms with Crippen LogP contribution >= 0.6 is 15.9 Å². The van der Waals surface area contributed by atoms with E-state index in [1.807, 2.05) is 42.5 Å². The molecule has 0 aliphatic rings. The normalized spacial score (nSPS) is 11.2. The number of benzene rings is 2. The molecule has 0 aliphatic carbocycles. The molecule has 1 aromatic heterocycles. The second-order valence-electron chi connectivity index (χ2n) is 4.40. The van der Waals surface area contributed by atoms with Gasteiger partial charge in [-0.05, 0) is 29.8 Å². The van der Waals surface area contributed by atoms with Crippen molar-refractivity contribution in [2.75, 3.05) is 0 Å². The number of fused-ring (bicyclic) bond motifs is 1. The summed E-state index contributed by atoms with van der Waals surface area (Å²) in [7, 11) is 0. The zero-order valence-electron chi connectivity index (χ0n) is 10.5. The minimum atomic E-state index is -0.0223. The van der Waals surface area contributed by atoms with Crippen molar-refractivity contribution in [2.24, 2.45) is 0 Å². The van der Waals surface area contributed by atoms with Gasteiger partial charge in [-0.1, -0.05) is 52.3 Å². The maximum Gasteiger partial charge on any atom is 0.199 e. The molecule has 20 heavy (non-hydrogen) atoms. The third kappa shape index (κ3) is 2.58. The first-order valence-electron chi connectivity index (χ1n) is 6.18. The molecule has 0 radical (unpaired) electrons. The van der Waals surface area contributed by atoms with E-state index in [4.69, 9.17) is 4.42 Å². The summed E-state index contributed by atoms with van der Waals surface area (Å²) in [5, 5.41) is 0.586. The van der Waals surface area contributed by atoms with E-state index >= 15 is 0 Å². The summed E-state index contributed by atoms with van der Waals surface area (Å²) in [4.78, 5) is 12.3. The van der Waals surface area contributed by atoms with Crippen molar-refractivity contribution in [1.29, 1.82) is 0 Å². The van der Waals surface area contributed by atoms with Crippen LogP contribution in [0.2, 0.25) is 0 Å². The molecule has 0 aliphatic heterocycles. The number of halogens is 1. The lowest BCUT2D eigenvalue weighted by atomic mass is 10.1. The van der Waals surface area contributed by atoms with Gasteiger partial charge in [0.2, 0.25) is 0 Å². The minimum absolute atomic E-state index is 0.0223. The van der Waals surface area contributed by atoms with Crippen LogP contribution in [0.3, 0.4) is 0 Å². The molecule has 0 saturated heterocycles. The zero-order valence-corrected chi connectivity index (χ0v) is 12.1. The first-order valence-corrected chi connectivity index (χ1v) is 6.97. The summed E-state index contributed by atoms with van der Waals surface area (Å²) in [6, 6.07) is 15.2. The topological polar surface area (TPSA) is 30.2 Å². The molecule has 0 saturated carbocycles. The fraction of sp³-hybridized carbons (Fsp3) is 0. The first-order chi connectivity index (χ1) is 9.74. The Kier molecular flexibility index (Phi) is 3.52. The molecule has 0 fully saturated rings. The third-order valence-corrected chi connectivity index (χ3v) is 3.51. The van der Waals surface area contributed by atoms with E-state index in [0.717, 1.165) is 10.0 Å². The molecule has 0 bridgehead atoms. The lowest BCUT2D eigenvalue weighted by Crippen LogP contribution is -2.04. The van der Waals surface area contributed by atoms with E-state index in [1.54, 1.807) is 18.2 Å². The van der Waals surface area contributed by atoms with Gasteiger partial charge < -0.3 is 4.42 Å². The molecule has 1 heterocycles.